The Labute approximate surface area is 70.6 Å². The largest absolute Gasteiger partial charge is 0.327 e. The summed E-state index contributed by atoms with van der Waals surface area (Å²) in [6.07, 6.45) is 1.77. The van der Waals surface area contributed by atoms with E-state index in [1.54, 1.807) is 6.08 Å². The molecule has 11 heavy (non-hydrogen) atoms. The fraction of sp³-hybridized carbons (Fsp3) is 0.714. The third kappa shape index (κ3) is 4.49. The van der Waals surface area contributed by atoms with E-state index >= 15 is 0 Å². The zero-order valence-electron chi connectivity index (χ0n) is 7.74. The summed E-state index contributed by atoms with van der Waals surface area (Å²) in [5, 5.41) is 0. The lowest BCUT2D eigenvalue weighted by atomic mass is 10.7. The van der Waals surface area contributed by atoms with Crippen molar-refractivity contribution < 1.29 is 4.52 Å². The van der Waals surface area contributed by atoms with E-state index in [9.17, 15) is 0 Å². The highest BCUT2D eigenvalue weighted by atomic mass is 31.2. The number of rotatable bonds is 5. The Morgan fingerprint density at radius 1 is 1.27 bits per heavy atom. The Balaban J connectivity index is 3.79. The van der Waals surface area contributed by atoms with Crippen LogP contribution in [0.2, 0.25) is 0 Å². The van der Waals surface area contributed by atoms with Crippen LogP contribution in [0, 0.1) is 0 Å². The van der Waals surface area contributed by atoms with Crippen molar-refractivity contribution in [3.05, 3.63) is 12.7 Å². The Hall–Kier alpha value is 0.0500. The van der Waals surface area contributed by atoms with Crippen LogP contribution in [-0.4, -0.2) is 44.1 Å². The monoisotopic (exact) mass is 176 g/mol. The zero-order valence-corrected chi connectivity index (χ0v) is 8.64. The standard InChI is InChI=1S/C7H17N2OP/c1-6-7-10-11(8(2)3)9(4)5/h6H,1,7H2,2-5H3. The van der Waals surface area contributed by atoms with Crippen molar-refractivity contribution in [1.82, 2.24) is 9.34 Å². The van der Waals surface area contributed by atoms with E-state index in [-0.39, 0.29) is 0 Å². The van der Waals surface area contributed by atoms with Gasteiger partial charge in [-0.05, 0) is 28.2 Å². The van der Waals surface area contributed by atoms with Crippen LogP contribution in [0.1, 0.15) is 0 Å². The summed E-state index contributed by atoms with van der Waals surface area (Å²) in [7, 11) is 7.45. The lowest BCUT2D eigenvalue weighted by Gasteiger charge is -2.27. The molecule has 0 aromatic carbocycles. The van der Waals surface area contributed by atoms with Gasteiger partial charge in [-0.15, -0.1) is 6.58 Å². The number of hydrogen-bond acceptors (Lipinski definition) is 3. The second kappa shape index (κ2) is 5.67. The van der Waals surface area contributed by atoms with Crippen LogP contribution < -0.4 is 0 Å². The minimum absolute atomic E-state index is 0.589. The second-order valence-electron chi connectivity index (χ2n) is 2.53. The molecular weight excluding hydrogens is 159 g/mol. The molecule has 0 atom stereocenters. The van der Waals surface area contributed by atoms with Gasteiger partial charge < -0.3 is 4.52 Å². The molecule has 0 N–H and O–H groups in total. The van der Waals surface area contributed by atoms with Gasteiger partial charge in [-0.2, -0.15) is 0 Å². The Morgan fingerprint density at radius 2 is 1.73 bits per heavy atom. The molecule has 0 heterocycles. The Bertz CT molecular complexity index is 109. The van der Waals surface area contributed by atoms with Crippen LogP contribution in [0.3, 0.4) is 0 Å². The minimum atomic E-state index is -0.589. The lowest BCUT2D eigenvalue weighted by molar-refractivity contribution is 0.333. The summed E-state index contributed by atoms with van der Waals surface area (Å²) in [5.74, 6) is 0. The van der Waals surface area contributed by atoms with Crippen molar-refractivity contribution in [3.8, 4) is 0 Å². The molecule has 0 aliphatic carbocycles. The molecule has 0 amide bonds. The zero-order chi connectivity index (χ0) is 8.85. The van der Waals surface area contributed by atoms with Crippen LogP contribution in [0.4, 0.5) is 0 Å². The summed E-state index contributed by atoms with van der Waals surface area (Å²) in [6.45, 7) is 4.21. The van der Waals surface area contributed by atoms with Crippen molar-refractivity contribution in [2.45, 2.75) is 0 Å². The minimum Gasteiger partial charge on any atom is -0.327 e. The maximum Gasteiger partial charge on any atom is 0.187 e. The number of nitrogens with zero attached hydrogens (tertiary/aromatic N) is 2. The normalized spacial score (nSPS) is 11.5. The van der Waals surface area contributed by atoms with E-state index in [0.29, 0.717) is 6.61 Å². The fourth-order valence-corrected chi connectivity index (χ4v) is 2.12. The maximum atomic E-state index is 5.51. The van der Waals surface area contributed by atoms with E-state index in [2.05, 4.69) is 15.9 Å². The van der Waals surface area contributed by atoms with Crippen molar-refractivity contribution in [2.24, 2.45) is 0 Å². The average Bonchev–Trinajstić information content (AvgIpc) is 1.87. The van der Waals surface area contributed by atoms with Crippen LogP contribution in [-0.2, 0) is 4.52 Å². The Morgan fingerprint density at radius 3 is 2.00 bits per heavy atom. The molecule has 0 aromatic heterocycles. The molecule has 3 nitrogen and oxygen atoms in total. The first-order valence-corrected chi connectivity index (χ1v) is 4.64. The van der Waals surface area contributed by atoms with Gasteiger partial charge in [0.05, 0.1) is 6.61 Å². The summed E-state index contributed by atoms with van der Waals surface area (Å²) >= 11 is 0. The summed E-state index contributed by atoms with van der Waals surface area (Å²) < 4.78 is 9.65. The van der Waals surface area contributed by atoms with Gasteiger partial charge in [0.1, 0.15) is 0 Å². The molecular formula is C7H17N2OP. The van der Waals surface area contributed by atoms with Gasteiger partial charge in [-0.1, -0.05) is 6.08 Å². The fourth-order valence-electron chi connectivity index (χ4n) is 0.708. The molecule has 0 saturated heterocycles. The smallest absolute Gasteiger partial charge is 0.187 e. The predicted octanol–water partition coefficient (Wildman–Crippen LogP) is 1.54. The SMILES string of the molecule is C=CCOP(N(C)C)N(C)C. The molecule has 0 radical (unpaired) electrons. The topological polar surface area (TPSA) is 15.7 Å². The molecule has 0 spiro atoms. The van der Waals surface area contributed by atoms with Crippen molar-refractivity contribution >= 4 is 8.45 Å². The van der Waals surface area contributed by atoms with Gasteiger partial charge in [-0.25, -0.2) is 0 Å². The van der Waals surface area contributed by atoms with Crippen molar-refractivity contribution in [2.75, 3.05) is 34.8 Å². The summed E-state index contributed by atoms with van der Waals surface area (Å²) in [6, 6.07) is 0. The quantitative estimate of drug-likeness (QED) is 0.467. The van der Waals surface area contributed by atoms with Crippen LogP contribution in [0.5, 0.6) is 0 Å². The third-order valence-corrected chi connectivity index (χ3v) is 2.74. The van der Waals surface area contributed by atoms with E-state index in [4.69, 9.17) is 4.52 Å². The highest BCUT2D eigenvalue weighted by Crippen LogP contribution is 2.40. The number of hydrogen-bond donors (Lipinski definition) is 0. The molecule has 66 valence electrons. The summed E-state index contributed by atoms with van der Waals surface area (Å²) in [4.78, 5) is 0. The molecule has 0 saturated carbocycles. The molecule has 0 aromatic rings. The molecule has 0 rings (SSSR count). The molecule has 0 aliphatic rings. The van der Waals surface area contributed by atoms with Crippen LogP contribution in [0.15, 0.2) is 12.7 Å². The highest BCUT2D eigenvalue weighted by molar-refractivity contribution is 7.47. The molecule has 0 bridgehead atoms. The van der Waals surface area contributed by atoms with E-state index in [0.717, 1.165) is 0 Å². The van der Waals surface area contributed by atoms with Gasteiger partial charge in [0.2, 0.25) is 0 Å². The van der Waals surface area contributed by atoms with Crippen molar-refractivity contribution in [1.29, 1.82) is 0 Å². The highest BCUT2D eigenvalue weighted by Gasteiger charge is 2.13. The van der Waals surface area contributed by atoms with E-state index in [1.807, 2.05) is 28.2 Å². The lowest BCUT2D eigenvalue weighted by Crippen LogP contribution is -2.18. The maximum absolute atomic E-state index is 5.51. The van der Waals surface area contributed by atoms with Gasteiger partial charge in [-0.3, -0.25) is 9.34 Å². The van der Waals surface area contributed by atoms with Gasteiger partial charge in [0, 0.05) is 0 Å². The first-order chi connectivity index (χ1) is 5.09. The van der Waals surface area contributed by atoms with Gasteiger partial charge >= 0.3 is 0 Å². The van der Waals surface area contributed by atoms with Crippen LogP contribution in [0.25, 0.3) is 0 Å². The predicted molar refractivity (Wildman–Crippen MR) is 50.4 cm³/mol. The first-order valence-electron chi connectivity index (χ1n) is 3.48. The van der Waals surface area contributed by atoms with E-state index < -0.39 is 8.45 Å². The summed E-state index contributed by atoms with van der Waals surface area (Å²) in [5.41, 5.74) is 0. The third-order valence-electron chi connectivity index (χ3n) is 0.992. The van der Waals surface area contributed by atoms with Crippen molar-refractivity contribution in [3.63, 3.8) is 0 Å². The van der Waals surface area contributed by atoms with Crippen LogP contribution >= 0.6 is 8.45 Å². The van der Waals surface area contributed by atoms with E-state index in [1.165, 1.54) is 0 Å². The molecule has 0 unspecified atom stereocenters. The molecule has 4 heteroatoms. The van der Waals surface area contributed by atoms with Gasteiger partial charge in [0.25, 0.3) is 0 Å². The first kappa shape index (κ1) is 11.1. The molecule has 0 fully saturated rings. The van der Waals surface area contributed by atoms with Gasteiger partial charge in [0.15, 0.2) is 8.45 Å². The average molecular weight is 176 g/mol. The Kier molecular flexibility index (Phi) is 5.69. The second-order valence-corrected chi connectivity index (χ2v) is 4.90. The molecule has 0 aliphatic heterocycles.